The SMILES string of the molecule is O=C(Nc1ccc(N2CCOCC2=O)cc1)[C@H]1C[C@@H](O)CN1C(=O)c1ccc(Cl)cc1. The summed E-state index contributed by atoms with van der Waals surface area (Å²) >= 11 is 5.88. The number of halogens is 1. The number of morpholine rings is 1. The summed E-state index contributed by atoms with van der Waals surface area (Å²) < 4.78 is 5.14. The maximum absolute atomic E-state index is 12.9. The van der Waals surface area contributed by atoms with Crippen molar-refractivity contribution in [2.45, 2.75) is 18.6 Å². The molecule has 0 aromatic heterocycles. The molecule has 0 bridgehead atoms. The molecule has 3 amide bonds. The molecule has 8 nitrogen and oxygen atoms in total. The fourth-order valence-corrected chi connectivity index (χ4v) is 3.91. The molecule has 0 spiro atoms. The van der Waals surface area contributed by atoms with Gasteiger partial charge in [-0.25, -0.2) is 0 Å². The van der Waals surface area contributed by atoms with E-state index in [0.29, 0.717) is 29.4 Å². The molecule has 0 unspecified atom stereocenters. The van der Waals surface area contributed by atoms with E-state index < -0.39 is 12.1 Å². The molecular weight excluding hydrogens is 422 g/mol. The molecule has 4 rings (SSSR count). The van der Waals surface area contributed by atoms with Gasteiger partial charge in [0, 0.05) is 41.5 Å². The highest BCUT2D eigenvalue weighted by Crippen LogP contribution is 2.24. The number of nitrogens with one attached hydrogen (secondary N) is 1. The fraction of sp³-hybridized carbons (Fsp3) is 0.318. The normalized spacial score (nSPS) is 21.3. The van der Waals surface area contributed by atoms with Crippen molar-refractivity contribution >= 4 is 40.7 Å². The van der Waals surface area contributed by atoms with E-state index in [-0.39, 0.29) is 37.3 Å². The Kier molecular flexibility index (Phi) is 6.22. The van der Waals surface area contributed by atoms with E-state index in [1.165, 1.54) is 4.90 Å². The number of carbonyl (C=O) groups is 3. The fourth-order valence-electron chi connectivity index (χ4n) is 3.79. The van der Waals surface area contributed by atoms with Crippen molar-refractivity contribution in [3.05, 3.63) is 59.1 Å². The maximum atomic E-state index is 12.9. The first kappa shape index (κ1) is 21.3. The Morgan fingerprint density at radius 3 is 2.48 bits per heavy atom. The number of ether oxygens (including phenoxy) is 1. The van der Waals surface area contributed by atoms with Crippen LogP contribution in [0.3, 0.4) is 0 Å². The highest BCUT2D eigenvalue weighted by atomic mass is 35.5. The van der Waals surface area contributed by atoms with Crippen molar-refractivity contribution in [1.29, 1.82) is 0 Å². The van der Waals surface area contributed by atoms with Crippen molar-refractivity contribution in [3.63, 3.8) is 0 Å². The lowest BCUT2D eigenvalue weighted by molar-refractivity contribution is -0.125. The number of aliphatic hydroxyl groups excluding tert-OH is 1. The monoisotopic (exact) mass is 443 g/mol. The highest BCUT2D eigenvalue weighted by Gasteiger charge is 2.39. The molecule has 2 fully saturated rings. The minimum Gasteiger partial charge on any atom is -0.391 e. The van der Waals surface area contributed by atoms with Crippen LogP contribution in [0, 0.1) is 0 Å². The molecule has 2 heterocycles. The topological polar surface area (TPSA) is 99.2 Å². The summed E-state index contributed by atoms with van der Waals surface area (Å²) in [4.78, 5) is 40.7. The number of carbonyl (C=O) groups excluding carboxylic acids is 3. The first-order valence-corrected chi connectivity index (χ1v) is 10.3. The molecule has 2 aliphatic rings. The molecule has 0 aliphatic carbocycles. The predicted molar refractivity (Wildman–Crippen MR) is 115 cm³/mol. The number of benzene rings is 2. The number of hydrogen-bond acceptors (Lipinski definition) is 5. The zero-order valence-electron chi connectivity index (χ0n) is 16.7. The van der Waals surface area contributed by atoms with Gasteiger partial charge in [0.05, 0.1) is 12.7 Å². The first-order chi connectivity index (χ1) is 14.9. The van der Waals surface area contributed by atoms with Gasteiger partial charge in [0.2, 0.25) is 5.91 Å². The van der Waals surface area contributed by atoms with Gasteiger partial charge in [0.15, 0.2) is 0 Å². The third kappa shape index (κ3) is 4.71. The Balaban J connectivity index is 1.44. The average molecular weight is 444 g/mol. The summed E-state index contributed by atoms with van der Waals surface area (Å²) in [6.07, 6.45) is -0.618. The van der Waals surface area contributed by atoms with Gasteiger partial charge in [-0.3, -0.25) is 14.4 Å². The first-order valence-electron chi connectivity index (χ1n) is 9.96. The Morgan fingerprint density at radius 1 is 1.10 bits per heavy atom. The van der Waals surface area contributed by atoms with Crippen LogP contribution >= 0.6 is 11.6 Å². The molecule has 0 saturated carbocycles. The van der Waals surface area contributed by atoms with Crippen molar-refractivity contribution < 1.29 is 24.2 Å². The van der Waals surface area contributed by atoms with Gasteiger partial charge in [0.25, 0.3) is 11.8 Å². The Morgan fingerprint density at radius 2 is 1.81 bits per heavy atom. The lowest BCUT2D eigenvalue weighted by Gasteiger charge is -2.27. The minimum absolute atomic E-state index is 0.0555. The number of hydrogen-bond donors (Lipinski definition) is 2. The van der Waals surface area contributed by atoms with Gasteiger partial charge in [-0.2, -0.15) is 0 Å². The Hall–Kier alpha value is -2.94. The van der Waals surface area contributed by atoms with Crippen molar-refractivity contribution in [3.8, 4) is 0 Å². The lowest BCUT2D eigenvalue weighted by atomic mass is 10.1. The molecule has 31 heavy (non-hydrogen) atoms. The van der Waals surface area contributed by atoms with Crippen molar-refractivity contribution in [2.24, 2.45) is 0 Å². The van der Waals surface area contributed by atoms with Gasteiger partial charge in [-0.1, -0.05) is 11.6 Å². The van der Waals surface area contributed by atoms with Crippen LogP contribution in [0.4, 0.5) is 11.4 Å². The van der Waals surface area contributed by atoms with E-state index in [4.69, 9.17) is 16.3 Å². The smallest absolute Gasteiger partial charge is 0.254 e. The van der Waals surface area contributed by atoms with Crippen LogP contribution < -0.4 is 10.2 Å². The van der Waals surface area contributed by atoms with Crippen LogP contribution in [0.25, 0.3) is 0 Å². The van der Waals surface area contributed by atoms with Crippen LogP contribution in [0.15, 0.2) is 48.5 Å². The third-order valence-electron chi connectivity index (χ3n) is 5.37. The summed E-state index contributed by atoms with van der Waals surface area (Å²) in [5.41, 5.74) is 1.66. The third-order valence-corrected chi connectivity index (χ3v) is 5.62. The zero-order valence-corrected chi connectivity index (χ0v) is 17.4. The largest absolute Gasteiger partial charge is 0.391 e. The van der Waals surface area contributed by atoms with E-state index in [2.05, 4.69) is 5.32 Å². The molecule has 0 radical (unpaired) electrons. The average Bonchev–Trinajstić information content (AvgIpc) is 3.17. The number of β-amino-alcohol motifs (C(OH)–C–C–N with tert-alkyl or cyclic N) is 1. The molecule has 2 atom stereocenters. The number of anilines is 2. The van der Waals surface area contributed by atoms with Crippen molar-refractivity contribution in [1.82, 2.24) is 4.90 Å². The molecular formula is C22H22ClN3O5. The van der Waals surface area contributed by atoms with Crippen LogP contribution in [-0.2, 0) is 14.3 Å². The number of likely N-dealkylation sites (tertiary alicyclic amines) is 1. The lowest BCUT2D eigenvalue weighted by Crippen LogP contribution is -2.43. The van der Waals surface area contributed by atoms with Crippen LogP contribution in [0.1, 0.15) is 16.8 Å². The summed E-state index contributed by atoms with van der Waals surface area (Å²) in [6, 6.07) is 12.5. The highest BCUT2D eigenvalue weighted by molar-refractivity contribution is 6.30. The molecule has 2 saturated heterocycles. The summed E-state index contributed by atoms with van der Waals surface area (Å²) in [5, 5.41) is 13.4. The summed E-state index contributed by atoms with van der Waals surface area (Å²) in [7, 11) is 0. The molecule has 2 aromatic rings. The number of nitrogens with zero attached hydrogens (tertiary/aromatic N) is 2. The standard InChI is InChI=1S/C22H22ClN3O5/c23-15-3-1-14(2-4-15)22(30)26-12-18(27)11-19(26)21(29)24-16-5-7-17(8-6-16)25-9-10-31-13-20(25)28/h1-8,18-19,27H,9-13H2,(H,24,29)/t18-,19-/m1/s1. The van der Waals surface area contributed by atoms with E-state index in [1.54, 1.807) is 53.4 Å². The van der Waals surface area contributed by atoms with E-state index in [1.807, 2.05) is 0 Å². The van der Waals surface area contributed by atoms with Gasteiger partial charge in [-0.15, -0.1) is 0 Å². The molecule has 162 valence electrons. The second-order valence-corrected chi connectivity index (χ2v) is 7.94. The maximum Gasteiger partial charge on any atom is 0.254 e. The quantitative estimate of drug-likeness (QED) is 0.752. The van der Waals surface area contributed by atoms with E-state index >= 15 is 0 Å². The minimum atomic E-state index is -0.793. The van der Waals surface area contributed by atoms with Crippen LogP contribution in [0.5, 0.6) is 0 Å². The summed E-state index contributed by atoms with van der Waals surface area (Å²) in [5.74, 6) is -0.831. The van der Waals surface area contributed by atoms with Crippen molar-refractivity contribution in [2.75, 3.05) is 36.5 Å². The molecule has 2 aliphatic heterocycles. The summed E-state index contributed by atoms with van der Waals surface area (Å²) in [6.45, 7) is 1.09. The number of amides is 3. The zero-order chi connectivity index (χ0) is 22.0. The second-order valence-electron chi connectivity index (χ2n) is 7.50. The predicted octanol–water partition coefficient (Wildman–Crippen LogP) is 1.92. The Labute approximate surface area is 184 Å². The van der Waals surface area contributed by atoms with Gasteiger partial charge >= 0.3 is 0 Å². The number of rotatable bonds is 4. The van der Waals surface area contributed by atoms with Crippen LogP contribution in [-0.4, -0.2) is 66.2 Å². The van der Waals surface area contributed by atoms with Gasteiger partial charge in [0.1, 0.15) is 12.6 Å². The molecule has 2 aromatic carbocycles. The molecule has 2 N–H and O–H groups in total. The number of aliphatic hydroxyl groups is 1. The second kappa shape index (κ2) is 9.05. The van der Waals surface area contributed by atoms with Crippen LogP contribution in [0.2, 0.25) is 5.02 Å². The van der Waals surface area contributed by atoms with E-state index in [0.717, 1.165) is 5.69 Å². The van der Waals surface area contributed by atoms with Gasteiger partial charge in [-0.05, 0) is 48.5 Å². The van der Waals surface area contributed by atoms with Gasteiger partial charge < -0.3 is 25.0 Å². The molecule has 9 heteroatoms. The Bertz CT molecular complexity index is 980. The van der Waals surface area contributed by atoms with E-state index in [9.17, 15) is 19.5 Å².